The Hall–Kier alpha value is -1.16. The molecule has 0 spiro atoms. The minimum absolute atomic E-state index is 0.00648. The first-order valence-electron chi connectivity index (χ1n) is 5.20. The second-order valence-electron chi connectivity index (χ2n) is 3.97. The Morgan fingerprint density at radius 3 is 2.50 bits per heavy atom. The summed E-state index contributed by atoms with van der Waals surface area (Å²) in [6.07, 6.45) is 1.89. The van der Waals surface area contributed by atoms with Crippen LogP contribution in [-0.2, 0) is 9.84 Å². The molecule has 0 aliphatic rings. The van der Waals surface area contributed by atoms with Gasteiger partial charge in [0.05, 0.1) is 4.90 Å². The van der Waals surface area contributed by atoms with Crippen molar-refractivity contribution in [3.8, 4) is 0 Å². The van der Waals surface area contributed by atoms with Gasteiger partial charge in [0.1, 0.15) is 0 Å². The number of ketones is 1. The van der Waals surface area contributed by atoms with E-state index in [0.29, 0.717) is 5.56 Å². The van der Waals surface area contributed by atoms with Crippen LogP contribution in [0.2, 0.25) is 0 Å². The smallest absolute Gasteiger partial charge is 0.175 e. The van der Waals surface area contributed by atoms with E-state index in [4.69, 9.17) is 0 Å². The highest BCUT2D eigenvalue weighted by atomic mass is 32.2. The Labute approximate surface area is 96.4 Å². The number of carbonyl (C=O) groups excluding carboxylic acids is 1. The normalized spacial score (nSPS) is 13.4. The van der Waals surface area contributed by atoms with Crippen molar-refractivity contribution in [3.63, 3.8) is 0 Å². The fourth-order valence-electron chi connectivity index (χ4n) is 1.35. The molecule has 0 aromatic heterocycles. The van der Waals surface area contributed by atoms with Gasteiger partial charge in [-0.2, -0.15) is 0 Å². The van der Waals surface area contributed by atoms with E-state index < -0.39 is 9.84 Å². The topological polar surface area (TPSA) is 51.2 Å². The Balaban J connectivity index is 3.14. The number of hydrogen-bond acceptors (Lipinski definition) is 3. The molecule has 1 atom stereocenters. The van der Waals surface area contributed by atoms with Gasteiger partial charge in [0.2, 0.25) is 0 Å². The molecule has 1 aromatic rings. The van der Waals surface area contributed by atoms with Crippen LogP contribution in [-0.4, -0.2) is 20.5 Å². The Kier molecular flexibility index (Phi) is 3.86. The fraction of sp³-hybridized carbons (Fsp3) is 0.417. The van der Waals surface area contributed by atoms with Gasteiger partial charge >= 0.3 is 0 Å². The van der Waals surface area contributed by atoms with Crippen LogP contribution in [0.1, 0.15) is 30.6 Å². The van der Waals surface area contributed by atoms with Crippen molar-refractivity contribution in [2.24, 2.45) is 5.92 Å². The zero-order valence-corrected chi connectivity index (χ0v) is 10.5. The van der Waals surface area contributed by atoms with E-state index in [1.807, 2.05) is 13.8 Å². The molecule has 0 bridgehead atoms. The third kappa shape index (κ3) is 2.92. The van der Waals surface area contributed by atoms with Crippen LogP contribution in [0.25, 0.3) is 0 Å². The van der Waals surface area contributed by atoms with Crippen molar-refractivity contribution in [1.29, 1.82) is 0 Å². The van der Waals surface area contributed by atoms with Crippen LogP contribution in [0.5, 0.6) is 0 Å². The van der Waals surface area contributed by atoms with Crippen LogP contribution >= 0.6 is 0 Å². The summed E-state index contributed by atoms with van der Waals surface area (Å²) in [6, 6.07) is 6.21. The summed E-state index contributed by atoms with van der Waals surface area (Å²) < 4.78 is 22.7. The highest BCUT2D eigenvalue weighted by Gasteiger charge is 2.15. The minimum atomic E-state index is -3.24. The lowest BCUT2D eigenvalue weighted by Gasteiger charge is -2.08. The summed E-state index contributed by atoms with van der Waals surface area (Å²) in [6.45, 7) is 3.78. The van der Waals surface area contributed by atoms with Crippen molar-refractivity contribution in [3.05, 3.63) is 29.8 Å². The molecule has 16 heavy (non-hydrogen) atoms. The van der Waals surface area contributed by atoms with Crippen molar-refractivity contribution in [2.75, 3.05) is 6.26 Å². The SMILES string of the molecule is CCC(C)C(=O)c1cccc(S(C)(=O)=O)c1. The molecule has 1 rings (SSSR count). The van der Waals surface area contributed by atoms with Crippen LogP contribution < -0.4 is 0 Å². The summed E-state index contributed by atoms with van der Waals surface area (Å²) in [5.41, 5.74) is 0.470. The van der Waals surface area contributed by atoms with Gasteiger partial charge in [0, 0.05) is 17.7 Å². The van der Waals surface area contributed by atoms with Crippen LogP contribution in [0.4, 0.5) is 0 Å². The van der Waals surface area contributed by atoms with Crippen LogP contribution in [0.3, 0.4) is 0 Å². The van der Waals surface area contributed by atoms with Crippen LogP contribution in [0.15, 0.2) is 29.2 Å². The molecule has 1 aromatic carbocycles. The van der Waals surface area contributed by atoms with E-state index in [1.165, 1.54) is 12.1 Å². The predicted molar refractivity (Wildman–Crippen MR) is 63.3 cm³/mol. The quantitative estimate of drug-likeness (QED) is 0.759. The predicted octanol–water partition coefficient (Wildman–Crippen LogP) is 2.32. The summed E-state index contributed by atoms with van der Waals surface area (Å²) in [4.78, 5) is 12.1. The van der Waals surface area contributed by atoms with E-state index in [1.54, 1.807) is 12.1 Å². The highest BCUT2D eigenvalue weighted by Crippen LogP contribution is 2.16. The molecule has 0 saturated carbocycles. The van der Waals surface area contributed by atoms with E-state index in [0.717, 1.165) is 12.7 Å². The molecule has 3 nitrogen and oxygen atoms in total. The number of rotatable bonds is 4. The standard InChI is InChI=1S/C12H16O3S/c1-4-9(2)12(13)10-6-5-7-11(8-10)16(3,14)15/h5-9H,4H2,1-3H3. The first-order valence-corrected chi connectivity index (χ1v) is 7.09. The molecule has 0 aliphatic carbocycles. The van der Waals surface area contributed by atoms with Gasteiger partial charge in [-0.1, -0.05) is 26.0 Å². The first kappa shape index (κ1) is 12.9. The number of sulfone groups is 1. The van der Waals surface area contributed by atoms with E-state index >= 15 is 0 Å². The molecular formula is C12H16O3S. The molecule has 0 radical (unpaired) electrons. The summed E-state index contributed by atoms with van der Waals surface area (Å²) >= 11 is 0. The molecule has 0 heterocycles. The fourth-order valence-corrected chi connectivity index (χ4v) is 2.02. The lowest BCUT2D eigenvalue weighted by Crippen LogP contribution is -2.11. The second-order valence-corrected chi connectivity index (χ2v) is 5.99. The number of Topliss-reactive ketones (excluding diaryl/α,β-unsaturated/α-hetero) is 1. The maximum absolute atomic E-state index is 11.9. The molecule has 0 amide bonds. The largest absolute Gasteiger partial charge is 0.294 e. The molecule has 88 valence electrons. The van der Waals surface area contributed by atoms with Gasteiger partial charge in [-0.25, -0.2) is 8.42 Å². The van der Waals surface area contributed by atoms with E-state index in [9.17, 15) is 13.2 Å². The van der Waals surface area contributed by atoms with Gasteiger partial charge in [0.25, 0.3) is 0 Å². The summed E-state index contributed by atoms with van der Waals surface area (Å²) in [7, 11) is -3.24. The number of benzene rings is 1. The molecule has 4 heteroatoms. The van der Waals surface area contributed by atoms with Gasteiger partial charge in [-0.05, 0) is 18.6 Å². The van der Waals surface area contributed by atoms with Crippen molar-refractivity contribution in [2.45, 2.75) is 25.2 Å². The molecular weight excluding hydrogens is 224 g/mol. The van der Waals surface area contributed by atoms with Crippen molar-refractivity contribution in [1.82, 2.24) is 0 Å². The third-order valence-corrected chi connectivity index (χ3v) is 3.72. The highest BCUT2D eigenvalue weighted by molar-refractivity contribution is 7.90. The van der Waals surface area contributed by atoms with Gasteiger partial charge in [0.15, 0.2) is 15.6 Å². The lowest BCUT2D eigenvalue weighted by atomic mass is 9.97. The minimum Gasteiger partial charge on any atom is -0.294 e. The van der Waals surface area contributed by atoms with Crippen LogP contribution in [0, 0.1) is 5.92 Å². The van der Waals surface area contributed by atoms with Gasteiger partial charge in [-0.15, -0.1) is 0 Å². The Morgan fingerprint density at radius 2 is 2.00 bits per heavy atom. The average molecular weight is 240 g/mol. The lowest BCUT2D eigenvalue weighted by molar-refractivity contribution is 0.0927. The first-order chi connectivity index (χ1) is 7.36. The number of hydrogen-bond donors (Lipinski definition) is 0. The molecule has 0 N–H and O–H groups in total. The summed E-state index contributed by atoms with van der Waals surface area (Å²) in [5.74, 6) is -0.0807. The Bertz CT molecular complexity index is 489. The third-order valence-electron chi connectivity index (χ3n) is 2.61. The Morgan fingerprint density at radius 1 is 1.38 bits per heavy atom. The van der Waals surface area contributed by atoms with Crippen molar-refractivity contribution >= 4 is 15.6 Å². The molecule has 0 aliphatic heterocycles. The molecule has 0 fully saturated rings. The second kappa shape index (κ2) is 4.78. The van der Waals surface area contributed by atoms with Gasteiger partial charge in [-0.3, -0.25) is 4.79 Å². The van der Waals surface area contributed by atoms with Crippen molar-refractivity contribution < 1.29 is 13.2 Å². The zero-order valence-electron chi connectivity index (χ0n) is 9.73. The number of carbonyl (C=O) groups is 1. The average Bonchev–Trinajstić information content (AvgIpc) is 2.26. The maximum Gasteiger partial charge on any atom is 0.175 e. The molecule has 1 unspecified atom stereocenters. The van der Waals surface area contributed by atoms with E-state index in [-0.39, 0.29) is 16.6 Å². The van der Waals surface area contributed by atoms with Gasteiger partial charge < -0.3 is 0 Å². The molecule has 0 saturated heterocycles. The monoisotopic (exact) mass is 240 g/mol. The summed E-state index contributed by atoms with van der Waals surface area (Å²) in [5, 5.41) is 0. The maximum atomic E-state index is 11.9. The van der Waals surface area contributed by atoms with E-state index in [2.05, 4.69) is 0 Å². The zero-order chi connectivity index (χ0) is 12.3.